The molecule has 1 N–H and O–H groups in total. The molecule has 0 aliphatic heterocycles. The number of fused-ring (bicyclic) bond motifs is 1. The third kappa shape index (κ3) is 1.24. The Kier molecular flexibility index (Phi) is 1.89. The van der Waals surface area contributed by atoms with Gasteiger partial charge in [0.15, 0.2) is 5.82 Å². The van der Waals surface area contributed by atoms with E-state index < -0.39 is 0 Å². The van der Waals surface area contributed by atoms with Gasteiger partial charge in [-0.3, -0.25) is 0 Å². The van der Waals surface area contributed by atoms with Crippen LogP contribution in [-0.2, 0) is 0 Å². The van der Waals surface area contributed by atoms with Crippen molar-refractivity contribution in [2.24, 2.45) is 0 Å². The van der Waals surface area contributed by atoms with Crippen LogP contribution in [0.4, 0.5) is 10.1 Å². The summed E-state index contributed by atoms with van der Waals surface area (Å²) in [6.45, 7) is 0. The van der Waals surface area contributed by atoms with Crippen LogP contribution in [0, 0.1) is 5.82 Å². The normalized spacial score (nSPS) is 10.3. The van der Waals surface area contributed by atoms with Gasteiger partial charge >= 0.3 is 0 Å². The van der Waals surface area contributed by atoms with E-state index in [1.165, 1.54) is 0 Å². The molecule has 0 heterocycles. The molecule has 0 bridgehead atoms. The number of hydrogen-bond acceptors (Lipinski definition) is 1. The van der Waals surface area contributed by atoms with Gasteiger partial charge in [-0.1, -0.05) is 30.3 Å². The molecule has 2 heteroatoms. The highest BCUT2D eigenvalue weighted by Gasteiger charge is 2.03. The molecule has 0 fully saturated rings. The van der Waals surface area contributed by atoms with E-state index >= 15 is 0 Å². The highest BCUT2D eigenvalue weighted by molar-refractivity contribution is 5.86. The van der Waals surface area contributed by atoms with E-state index in [0.717, 1.165) is 5.39 Å². The smallest absolute Gasteiger partial charge is 0.154 e. The van der Waals surface area contributed by atoms with Crippen molar-refractivity contribution in [3.63, 3.8) is 0 Å². The average Bonchev–Trinajstić information content (AvgIpc) is 2.19. The van der Waals surface area contributed by atoms with Crippen LogP contribution in [0.5, 0.6) is 0 Å². The molecule has 13 heavy (non-hydrogen) atoms. The SMILES string of the molecule is CNc1ccc2ccccc2c1F. The third-order valence-electron chi connectivity index (χ3n) is 2.13. The number of anilines is 1. The summed E-state index contributed by atoms with van der Waals surface area (Å²) in [6, 6.07) is 11.1. The van der Waals surface area contributed by atoms with Gasteiger partial charge in [-0.25, -0.2) is 4.39 Å². The standard InChI is InChI=1S/C11H10FN/c1-13-10-7-6-8-4-2-3-5-9(8)11(10)12/h2-7,13H,1H3. The van der Waals surface area contributed by atoms with Crippen molar-refractivity contribution < 1.29 is 4.39 Å². The van der Waals surface area contributed by atoms with Crippen molar-refractivity contribution in [2.75, 3.05) is 12.4 Å². The molecule has 0 unspecified atom stereocenters. The quantitative estimate of drug-likeness (QED) is 0.702. The van der Waals surface area contributed by atoms with Crippen LogP contribution in [0.25, 0.3) is 10.8 Å². The Bertz CT molecular complexity index is 437. The monoisotopic (exact) mass is 175 g/mol. The largest absolute Gasteiger partial charge is 0.386 e. The lowest BCUT2D eigenvalue weighted by molar-refractivity contribution is 0.643. The van der Waals surface area contributed by atoms with E-state index in [0.29, 0.717) is 11.1 Å². The van der Waals surface area contributed by atoms with Gasteiger partial charge in [-0.2, -0.15) is 0 Å². The summed E-state index contributed by atoms with van der Waals surface area (Å²) in [5.41, 5.74) is 0.540. The first kappa shape index (κ1) is 8.05. The maximum absolute atomic E-state index is 13.6. The highest BCUT2D eigenvalue weighted by atomic mass is 19.1. The van der Waals surface area contributed by atoms with Gasteiger partial charge in [0.25, 0.3) is 0 Å². The fourth-order valence-electron chi connectivity index (χ4n) is 1.43. The lowest BCUT2D eigenvalue weighted by Gasteiger charge is -2.04. The molecule has 0 aliphatic rings. The van der Waals surface area contributed by atoms with Gasteiger partial charge in [-0.05, 0) is 11.5 Å². The fourth-order valence-corrected chi connectivity index (χ4v) is 1.43. The molecular formula is C11H10FN. The molecule has 0 radical (unpaired) electrons. The van der Waals surface area contributed by atoms with Crippen LogP contribution < -0.4 is 5.32 Å². The molecule has 2 rings (SSSR count). The molecule has 0 amide bonds. The van der Waals surface area contributed by atoms with E-state index in [1.54, 1.807) is 19.2 Å². The summed E-state index contributed by atoms with van der Waals surface area (Å²) >= 11 is 0. The molecule has 2 aromatic carbocycles. The van der Waals surface area contributed by atoms with E-state index in [4.69, 9.17) is 0 Å². The zero-order valence-electron chi connectivity index (χ0n) is 7.34. The molecule has 0 saturated heterocycles. The number of halogens is 1. The van der Waals surface area contributed by atoms with Crippen molar-refractivity contribution in [3.05, 3.63) is 42.2 Å². The second kappa shape index (κ2) is 3.05. The van der Waals surface area contributed by atoms with Gasteiger partial charge in [0.1, 0.15) is 0 Å². The van der Waals surface area contributed by atoms with E-state index in [9.17, 15) is 4.39 Å². The number of rotatable bonds is 1. The van der Waals surface area contributed by atoms with Crippen LogP contribution >= 0.6 is 0 Å². The highest BCUT2D eigenvalue weighted by Crippen LogP contribution is 2.23. The maximum Gasteiger partial charge on any atom is 0.154 e. The van der Waals surface area contributed by atoms with E-state index in [1.807, 2.05) is 24.3 Å². The van der Waals surface area contributed by atoms with Gasteiger partial charge in [0.2, 0.25) is 0 Å². The predicted molar refractivity (Wildman–Crippen MR) is 53.5 cm³/mol. The molecule has 0 spiro atoms. The van der Waals surface area contributed by atoms with Crippen LogP contribution in [0.3, 0.4) is 0 Å². The van der Waals surface area contributed by atoms with Crippen LogP contribution in [0.2, 0.25) is 0 Å². The minimum absolute atomic E-state index is 0.180. The van der Waals surface area contributed by atoms with Crippen molar-refractivity contribution in [1.82, 2.24) is 0 Å². The number of benzene rings is 2. The Balaban J connectivity index is 2.79. The minimum atomic E-state index is -0.180. The zero-order valence-corrected chi connectivity index (χ0v) is 7.34. The van der Waals surface area contributed by atoms with Gasteiger partial charge in [0, 0.05) is 12.4 Å². The summed E-state index contributed by atoms with van der Waals surface area (Å²) < 4.78 is 13.6. The van der Waals surface area contributed by atoms with Crippen molar-refractivity contribution >= 4 is 16.5 Å². The summed E-state index contributed by atoms with van der Waals surface area (Å²) in [5, 5.41) is 4.40. The average molecular weight is 175 g/mol. The van der Waals surface area contributed by atoms with Crippen molar-refractivity contribution in [3.8, 4) is 0 Å². The number of nitrogens with one attached hydrogen (secondary N) is 1. The molecular weight excluding hydrogens is 165 g/mol. The molecule has 0 aliphatic carbocycles. The Morgan fingerprint density at radius 2 is 1.85 bits per heavy atom. The third-order valence-corrected chi connectivity index (χ3v) is 2.13. The van der Waals surface area contributed by atoms with Crippen molar-refractivity contribution in [2.45, 2.75) is 0 Å². The fraction of sp³-hybridized carbons (Fsp3) is 0.0909. The Morgan fingerprint density at radius 3 is 2.62 bits per heavy atom. The predicted octanol–water partition coefficient (Wildman–Crippen LogP) is 3.02. The maximum atomic E-state index is 13.6. The lowest BCUT2D eigenvalue weighted by atomic mass is 10.1. The summed E-state index contributed by atoms with van der Waals surface area (Å²) in [5.74, 6) is -0.180. The molecule has 1 nitrogen and oxygen atoms in total. The second-order valence-corrected chi connectivity index (χ2v) is 2.90. The van der Waals surface area contributed by atoms with Crippen molar-refractivity contribution in [1.29, 1.82) is 0 Å². The van der Waals surface area contributed by atoms with Crippen LogP contribution in [0.15, 0.2) is 36.4 Å². The molecule has 0 aromatic heterocycles. The first-order valence-electron chi connectivity index (χ1n) is 4.18. The molecule has 0 atom stereocenters. The van der Waals surface area contributed by atoms with Crippen LogP contribution in [-0.4, -0.2) is 7.05 Å². The molecule has 66 valence electrons. The topological polar surface area (TPSA) is 12.0 Å². The summed E-state index contributed by atoms with van der Waals surface area (Å²) in [4.78, 5) is 0. The van der Waals surface area contributed by atoms with E-state index in [-0.39, 0.29) is 5.82 Å². The van der Waals surface area contributed by atoms with Gasteiger partial charge in [0.05, 0.1) is 5.69 Å². The molecule has 0 saturated carbocycles. The Morgan fingerprint density at radius 1 is 1.08 bits per heavy atom. The Labute approximate surface area is 76.2 Å². The van der Waals surface area contributed by atoms with Gasteiger partial charge < -0.3 is 5.32 Å². The summed E-state index contributed by atoms with van der Waals surface area (Å²) in [7, 11) is 1.72. The van der Waals surface area contributed by atoms with Gasteiger partial charge in [-0.15, -0.1) is 0 Å². The first-order chi connectivity index (χ1) is 6.33. The van der Waals surface area contributed by atoms with E-state index in [2.05, 4.69) is 5.32 Å². The Hall–Kier alpha value is -1.57. The second-order valence-electron chi connectivity index (χ2n) is 2.90. The number of hydrogen-bond donors (Lipinski definition) is 1. The lowest BCUT2D eigenvalue weighted by Crippen LogP contribution is -1.92. The minimum Gasteiger partial charge on any atom is -0.386 e. The molecule has 2 aromatic rings. The zero-order chi connectivity index (χ0) is 9.26. The first-order valence-corrected chi connectivity index (χ1v) is 4.18. The summed E-state index contributed by atoms with van der Waals surface area (Å²) in [6.07, 6.45) is 0. The van der Waals surface area contributed by atoms with Crippen LogP contribution in [0.1, 0.15) is 0 Å².